The third-order valence-corrected chi connectivity index (χ3v) is 5.52. The zero-order chi connectivity index (χ0) is 25.4. The zero-order valence-electron chi connectivity index (χ0n) is 20.7. The summed E-state index contributed by atoms with van der Waals surface area (Å²) in [5, 5.41) is 5.95. The van der Waals surface area contributed by atoms with E-state index in [-0.39, 0.29) is 11.0 Å². The molecule has 3 rings (SSSR count). The van der Waals surface area contributed by atoms with Crippen molar-refractivity contribution in [2.75, 3.05) is 25.1 Å². The molecule has 2 N–H and O–H groups in total. The summed E-state index contributed by atoms with van der Waals surface area (Å²) in [5.41, 5.74) is 1.22. The molecule has 0 aliphatic carbocycles. The van der Waals surface area contributed by atoms with Gasteiger partial charge in [-0.2, -0.15) is 0 Å². The molecule has 0 aromatic heterocycles. The molecule has 0 saturated heterocycles. The number of hydrogen-bond donors (Lipinski definition) is 2. The maximum absolute atomic E-state index is 12.6. The van der Waals surface area contributed by atoms with Gasteiger partial charge in [0.25, 0.3) is 5.91 Å². The molecule has 3 aromatic carbocycles. The number of thiocarbonyl (C=S) groups is 1. The molecular weight excluding hydrogens is 472 g/mol. The van der Waals surface area contributed by atoms with E-state index in [9.17, 15) is 4.79 Å². The van der Waals surface area contributed by atoms with Crippen LogP contribution in [0.4, 0.5) is 5.69 Å². The van der Waals surface area contributed by atoms with E-state index < -0.39 is 0 Å². The van der Waals surface area contributed by atoms with Crippen LogP contribution in [0.1, 0.15) is 49.4 Å². The van der Waals surface area contributed by atoms with E-state index in [1.807, 2.05) is 54.6 Å². The third kappa shape index (κ3) is 9.96. The summed E-state index contributed by atoms with van der Waals surface area (Å²) in [6, 6.07) is 24.0. The van der Waals surface area contributed by atoms with Crippen LogP contribution in [0, 0.1) is 0 Å². The highest BCUT2D eigenvalue weighted by molar-refractivity contribution is 7.80. The number of ether oxygens (including phenoxy) is 3. The molecule has 0 bridgehead atoms. The Morgan fingerprint density at radius 2 is 1.36 bits per heavy atom. The summed E-state index contributed by atoms with van der Waals surface area (Å²) in [7, 11) is 0. The van der Waals surface area contributed by atoms with Crippen molar-refractivity contribution in [2.45, 2.75) is 39.0 Å². The minimum Gasteiger partial charge on any atom is -0.494 e. The fourth-order valence-corrected chi connectivity index (χ4v) is 3.64. The molecule has 0 saturated carbocycles. The molecule has 0 radical (unpaired) electrons. The molecule has 0 spiro atoms. The summed E-state index contributed by atoms with van der Waals surface area (Å²) >= 11 is 5.31. The molecule has 1 amide bonds. The number of hydrogen-bond acceptors (Lipinski definition) is 5. The Kier molecular flexibility index (Phi) is 11.6. The number of carbonyl (C=O) groups excluding carboxylic acids is 1. The lowest BCUT2D eigenvalue weighted by atomic mass is 10.2. The largest absolute Gasteiger partial charge is 0.494 e. The van der Waals surface area contributed by atoms with Gasteiger partial charge in [0.2, 0.25) is 0 Å². The quantitative estimate of drug-likeness (QED) is 0.189. The molecular formula is C29H34N2O4S. The molecule has 0 aliphatic heterocycles. The van der Waals surface area contributed by atoms with Gasteiger partial charge in [-0.15, -0.1) is 0 Å². The summed E-state index contributed by atoms with van der Waals surface area (Å²) in [6.45, 7) is 3.69. The molecule has 0 aliphatic rings. The lowest BCUT2D eigenvalue weighted by molar-refractivity contribution is 0.0977. The molecule has 7 heteroatoms. The van der Waals surface area contributed by atoms with Crippen molar-refractivity contribution in [1.29, 1.82) is 0 Å². The van der Waals surface area contributed by atoms with Crippen molar-refractivity contribution >= 4 is 28.9 Å². The van der Waals surface area contributed by atoms with Crippen molar-refractivity contribution in [3.63, 3.8) is 0 Å². The van der Waals surface area contributed by atoms with Crippen LogP contribution in [0.25, 0.3) is 0 Å². The molecule has 0 unspecified atom stereocenters. The fourth-order valence-electron chi connectivity index (χ4n) is 3.43. The first kappa shape index (κ1) is 27.0. The normalized spacial score (nSPS) is 10.4. The Hall–Kier alpha value is -3.58. The number of unbranched alkanes of at least 4 members (excludes halogenated alkanes) is 4. The van der Waals surface area contributed by atoms with Crippen molar-refractivity contribution in [2.24, 2.45) is 0 Å². The summed E-state index contributed by atoms with van der Waals surface area (Å²) in [4.78, 5) is 12.6. The Bertz CT molecular complexity index is 1070. The van der Waals surface area contributed by atoms with Crippen LogP contribution >= 0.6 is 12.2 Å². The van der Waals surface area contributed by atoms with E-state index in [1.165, 1.54) is 25.7 Å². The SMILES string of the molecule is CCCCCCCOc1ccc(NC(=S)NC(=O)c2cccc(OCCOc3ccccc3)c2)cc1. The van der Waals surface area contributed by atoms with Gasteiger partial charge in [0.15, 0.2) is 5.11 Å². The summed E-state index contributed by atoms with van der Waals surface area (Å²) < 4.78 is 17.1. The maximum Gasteiger partial charge on any atom is 0.257 e. The first-order valence-corrected chi connectivity index (χ1v) is 12.8. The zero-order valence-corrected chi connectivity index (χ0v) is 21.5. The van der Waals surface area contributed by atoms with Gasteiger partial charge in [0.1, 0.15) is 30.5 Å². The van der Waals surface area contributed by atoms with Gasteiger partial charge in [0, 0.05) is 11.3 Å². The number of amides is 1. The number of para-hydroxylation sites is 1. The van der Waals surface area contributed by atoms with Crippen molar-refractivity contribution in [1.82, 2.24) is 5.32 Å². The molecule has 0 heterocycles. The summed E-state index contributed by atoms with van der Waals surface area (Å²) in [5.74, 6) is 1.87. The van der Waals surface area contributed by atoms with E-state index in [0.29, 0.717) is 31.1 Å². The Balaban J connectivity index is 1.38. The lowest BCUT2D eigenvalue weighted by Gasteiger charge is -2.12. The average Bonchev–Trinajstić information content (AvgIpc) is 2.90. The number of carbonyl (C=O) groups is 1. The van der Waals surface area contributed by atoms with Gasteiger partial charge in [-0.25, -0.2) is 0 Å². The second-order valence-corrected chi connectivity index (χ2v) is 8.64. The average molecular weight is 507 g/mol. The molecule has 3 aromatic rings. The van der Waals surface area contributed by atoms with Gasteiger partial charge < -0.3 is 19.5 Å². The minimum atomic E-state index is -0.318. The van der Waals surface area contributed by atoms with Gasteiger partial charge in [-0.1, -0.05) is 56.9 Å². The standard InChI is InChI=1S/C29H34N2O4S/c1-2-3-4-5-9-19-33-26-17-15-24(16-18-26)30-29(36)31-28(32)23-11-10-14-27(22-23)35-21-20-34-25-12-7-6-8-13-25/h6-8,10-18,22H,2-5,9,19-21H2,1H3,(H2,30,31,32,36). The number of rotatable bonds is 14. The number of benzene rings is 3. The van der Waals surface area contributed by atoms with E-state index >= 15 is 0 Å². The van der Waals surface area contributed by atoms with Crippen molar-refractivity contribution in [3.05, 3.63) is 84.4 Å². The molecule has 0 fully saturated rings. The van der Waals surface area contributed by atoms with Gasteiger partial charge in [-0.3, -0.25) is 10.1 Å². The van der Waals surface area contributed by atoms with E-state index in [4.69, 9.17) is 26.4 Å². The van der Waals surface area contributed by atoms with Crippen LogP contribution in [0.15, 0.2) is 78.9 Å². The van der Waals surface area contributed by atoms with E-state index in [1.54, 1.807) is 24.3 Å². The second-order valence-electron chi connectivity index (χ2n) is 8.23. The van der Waals surface area contributed by atoms with Crippen LogP contribution in [-0.4, -0.2) is 30.8 Å². The summed E-state index contributed by atoms with van der Waals surface area (Å²) in [6.07, 6.45) is 6.03. The number of nitrogens with one attached hydrogen (secondary N) is 2. The van der Waals surface area contributed by atoms with E-state index in [2.05, 4.69) is 17.6 Å². The minimum absolute atomic E-state index is 0.215. The first-order chi connectivity index (χ1) is 17.6. The Morgan fingerprint density at radius 3 is 2.11 bits per heavy atom. The topological polar surface area (TPSA) is 68.8 Å². The number of anilines is 1. The predicted molar refractivity (Wildman–Crippen MR) is 148 cm³/mol. The van der Waals surface area contributed by atoms with Gasteiger partial charge in [-0.05, 0) is 73.2 Å². The predicted octanol–water partition coefficient (Wildman–Crippen LogP) is 6.62. The smallest absolute Gasteiger partial charge is 0.257 e. The van der Waals surface area contributed by atoms with Crippen molar-refractivity contribution in [3.8, 4) is 17.2 Å². The second kappa shape index (κ2) is 15.4. The van der Waals surface area contributed by atoms with Gasteiger partial charge in [0.05, 0.1) is 6.61 Å². The fraction of sp³-hybridized carbons (Fsp3) is 0.310. The molecule has 6 nitrogen and oxygen atoms in total. The molecule has 190 valence electrons. The maximum atomic E-state index is 12.6. The Labute approximate surface area is 219 Å². The van der Waals surface area contributed by atoms with Crippen LogP contribution in [0.2, 0.25) is 0 Å². The van der Waals surface area contributed by atoms with Crippen LogP contribution < -0.4 is 24.8 Å². The van der Waals surface area contributed by atoms with Crippen LogP contribution in [-0.2, 0) is 0 Å². The highest BCUT2D eigenvalue weighted by Gasteiger charge is 2.09. The van der Waals surface area contributed by atoms with Crippen LogP contribution in [0.5, 0.6) is 17.2 Å². The first-order valence-electron chi connectivity index (χ1n) is 12.4. The highest BCUT2D eigenvalue weighted by Crippen LogP contribution is 2.17. The van der Waals surface area contributed by atoms with E-state index in [0.717, 1.165) is 23.6 Å². The molecule has 36 heavy (non-hydrogen) atoms. The van der Waals surface area contributed by atoms with Crippen LogP contribution in [0.3, 0.4) is 0 Å². The van der Waals surface area contributed by atoms with Gasteiger partial charge >= 0.3 is 0 Å². The molecule has 0 atom stereocenters. The Morgan fingerprint density at radius 1 is 0.722 bits per heavy atom. The third-order valence-electron chi connectivity index (χ3n) is 5.32. The monoisotopic (exact) mass is 506 g/mol. The van der Waals surface area contributed by atoms with Crippen molar-refractivity contribution < 1.29 is 19.0 Å². The highest BCUT2D eigenvalue weighted by atomic mass is 32.1. The lowest BCUT2D eigenvalue weighted by Crippen LogP contribution is -2.34.